The van der Waals surface area contributed by atoms with Gasteiger partial charge in [0.25, 0.3) is 0 Å². The number of nitrogens with one attached hydrogen (secondary N) is 2. The Morgan fingerprint density at radius 2 is 2.00 bits per heavy atom. The number of piperazine rings is 1. The summed E-state index contributed by atoms with van der Waals surface area (Å²) in [5.74, 6) is -1.15. The highest BCUT2D eigenvalue weighted by Gasteiger charge is 2.38. The number of amides is 2. The number of ether oxygens (including phenoxy) is 1. The zero-order chi connectivity index (χ0) is 22.3. The van der Waals surface area contributed by atoms with Gasteiger partial charge >= 0.3 is 5.97 Å². The van der Waals surface area contributed by atoms with Crippen molar-refractivity contribution in [1.82, 2.24) is 15.5 Å². The van der Waals surface area contributed by atoms with Crippen LogP contribution in [0.5, 0.6) is 0 Å². The van der Waals surface area contributed by atoms with Crippen molar-refractivity contribution in [2.45, 2.75) is 70.0 Å². The molecule has 0 bridgehead atoms. The molecule has 0 aromatic heterocycles. The number of rotatable bonds is 8. The zero-order valence-electron chi connectivity index (χ0n) is 18.1. The van der Waals surface area contributed by atoms with Crippen LogP contribution in [0.2, 0.25) is 0 Å². The Balaban J connectivity index is 1.68. The second kappa shape index (κ2) is 10.7. The third-order valence-corrected chi connectivity index (χ3v) is 6.15. The molecule has 8 heteroatoms. The molecule has 1 heterocycles. The Hall–Kier alpha value is -2.48. The topological polar surface area (TPSA) is 87.7 Å². The third-order valence-electron chi connectivity index (χ3n) is 6.15. The first-order valence-electron chi connectivity index (χ1n) is 11.1. The fourth-order valence-corrected chi connectivity index (χ4v) is 4.60. The van der Waals surface area contributed by atoms with Crippen LogP contribution in [0.3, 0.4) is 0 Å². The summed E-state index contributed by atoms with van der Waals surface area (Å²) in [6.07, 6.45) is 4.47. The number of hydrogen-bond donors (Lipinski definition) is 2. The minimum Gasteiger partial charge on any atom is -0.466 e. The standard InChI is InChI=1S/C23H32FN3O4/c1-2-31-21(29)15-23(10-6-3-7-11-23)26-20(28)14-19-22(30)25-12-13-27(19)16-17-8-4-5-9-18(17)24/h4-5,8-9,19H,2-3,6-7,10-16H2,1H3,(H,25,30)(H,26,28). The van der Waals surface area contributed by atoms with Crippen molar-refractivity contribution in [3.8, 4) is 0 Å². The van der Waals surface area contributed by atoms with Gasteiger partial charge in [0.05, 0.1) is 31.0 Å². The van der Waals surface area contributed by atoms with E-state index in [2.05, 4.69) is 10.6 Å². The van der Waals surface area contributed by atoms with E-state index >= 15 is 0 Å². The second-order valence-corrected chi connectivity index (χ2v) is 8.44. The first kappa shape index (κ1) is 23.2. The van der Waals surface area contributed by atoms with Crippen molar-refractivity contribution < 1.29 is 23.5 Å². The number of hydrogen-bond acceptors (Lipinski definition) is 5. The van der Waals surface area contributed by atoms with Gasteiger partial charge < -0.3 is 15.4 Å². The molecule has 170 valence electrons. The zero-order valence-corrected chi connectivity index (χ0v) is 18.1. The van der Waals surface area contributed by atoms with Gasteiger partial charge in [0.1, 0.15) is 5.82 Å². The van der Waals surface area contributed by atoms with Crippen LogP contribution in [-0.4, -0.2) is 54.0 Å². The lowest BCUT2D eigenvalue weighted by Crippen LogP contribution is -2.58. The molecule has 1 atom stereocenters. The maximum atomic E-state index is 14.1. The molecule has 1 aliphatic heterocycles. The summed E-state index contributed by atoms with van der Waals surface area (Å²) in [4.78, 5) is 39.5. The predicted molar refractivity (Wildman–Crippen MR) is 113 cm³/mol. The van der Waals surface area contributed by atoms with E-state index in [-0.39, 0.29) is 43.0 Å². The molecule has 1 aromatic rings. The summed E-state index contributed by atoms with van der Waals surface area (Å²) in [6.45, 7) is 3.31. The molecule has 1 aromatic carbocycles. The van der Waals surface area contributed by atoms with Crippen molar-refractivity contribution in [2.75, 3.05) is 19.7 Å². The van der Waals surface area contributed by atoms with E-state index in [1.54, 1.807) is 25.1 Å². The van der Waals surface area contributed by atoms with E-state index in [9.17, 15) is 18.8 Å². The molecule has 2 amide bonds. The summed E-state index contributed by atoms with van der Waals surface area (Å²) in [5.41, 5.74) is -0.128. The van der Waals surface area contributed by atoms with E-state index < -0.39 is 11.6 Å². The quantitative estimate of drug-likeness (QED) is 0.614. The van der Waals surface area contributed by atoms with Crippen molar-refractivity contribution in [1.29, 1.82) is 0 Å². The van der Waals surface area contributed by atoms with E-state index in [4.69, 9.17) is 4.74 Å². The summed E-state index contributed by atoms with van der Waals surface area (Å²) < 4.78 is 19.2. The fraction of sp³-hybridized carbons (Fsp3) is 0.609. The van der Waals surface area contributed by atoms with E-state index in [0.29, 0.717) is 38.1 Å². The van der Waals surface area contributed by atoms with Crippen LogP contribution in [0.15, 0.2) is 24.3 Å². The fourth-order valence-electron chi connectivity index (χ4n) is 4.60. The Morgan fingerprint density at radius 1 is 1.26 bits per heavy atom. The maximum Gasteiger partial charge on any atom is 0.308 e. The maximum absolute atomic E-state index is 14.1. The van der Waals surface area contributed by atoms with Gasteiger partial charge in [0.2, 0.25) is 11.8 Å². The van der Waals surface area contributed by atoms with Gasteiger partial charge in [-0.25, -0.2) is 4.39 Å². The molecule has 2 N–H and O–H groups in total. The van der Waals surface area contributed by atoms with Crippen molar-refractivity contribution >= 4 is 17.8 Å². The minimum atomic E-state index is -0.684. The van der Waals surface area contributed by atoms with Gasteiger partial charge in [-0.15, -0.1) is 0 Å². The number of halogens is 1. The molecule has 1 saturated heterocycles. The van der Waals surface area contributed by atoms with Crippen molar-refractivity contribution in [3.63, 3.8) is 0 Å². The normalized spacial score (nSPS) is 21.2. The monoisotopic (exact) mass is 433 g/mol. The van der Waals surface area contributed by atoms with E-state index in [0.717, 1.165) is 19.3 Å². The number of esters is 1. The summed E-state index contributed by atoms with van der Waals surface area (Å²) in [5, 5.41) is 5.87. The molecule has 1 unspecified atom stereocenters. The minimum absolute atomic E-state index is 0.0368. The van der Waals surface area contributed by atoms with Crippen LogP contribution in [0.4, 0.5) is 4.39 Å². The first-order valence-corrected chi connectivity index (χ1v) is 11.1. The van der Waals surface area contributed by atoms with Gasteiger partial charge in [0, 0.05) is 25.2 Å². The Labute approximate surface area is 182 Å². The average molecular weight is 434 g/mol. The van der Waals surface area contributed by atoms with Gasteiger partial charge in [-0.1, -0.05) is 37.5 Å². The van der Waals surface area contributed by atoms with Crippen LogP contribution in [0.1, 0.15) is 57.4 Å². The van der Waals surface area contributed by atoms with Crippen LogP contribution < -0.4 is 10.6 Å². The molecule has 0 spiro atoms. The van der Waals surface area contributed by atoms with Gasteiger partial charge in [-0.2, -0.15) is 0 Å². The van der Waals surface area contributed by atoms with E-state index in [1.807, 2.05) is 4.90 Å². The summed E-state index contributed by atoms with van der Waals surface area (Å²) in [7, 11) is 0. The SMILES string of the molecule is CCOC(=O)CC1(NC(=O)CC2C(=O)NCCN2Cc2ccccc2F)CCCCC1. The largest absolute Gasteiger partial charge is 0.466 e. The van der Waals surface area contributed by atoms with Gasteiger partial charge in [0.15, 0.2) is 0 Å². The number of carbonyl (C=O) groups is 3. The Bertz CT molecular complexity index is 795. The molecule has 0 radical (unpaired) electrons. The summed E-state index contributed by atoms with van der Waals surface area (Å²) >= 11 is 0. The lowest BCUT2D eigenvalue weighted by molar-refractivity contribution is -0.146. The number of benzene rings is 1. The number of carbonyl (C=O) groups excluding carboxylic acids is 3. The average Bonchev–Trinajstić information content (AvgIpc) is 2.73. The lowest BCUT2D eigenvalue weighted by Gasteiger charge is -2.39. The third kappa shape index (κ3) is 6.26. The van der Waals surface area contributed by atoms with Crippen LogP contribution in [0, 0.1) is 5.82 Å². The van der Waals surface area contributed by atoms with Crippen LogP contribution in [-0.2, 0) is 25.7 Å². The smallest absolute Gasteiger partial charge is 0.308 e. The molecule has 31 heavy (non-hydrogen) atoms. The molecule has 3 rings (SSSR count). The molecule has 2 fully saturated rings. The van der Waals surface area contributed by atoms with Crippen LogP contribution in [0.25, 0.3) is 0 Å². The van der Waals surface area contributed by atoms with Crippen molar-refractivity contribution in [2.24, 2.45) is 0 Å². The first-order chi connectivity index (χ1) is 14.9. The second-order valence-electron chi connectivity index (χ2n) is 8.44. The molecule has 7 nitrogen and oxygen atoms in total. The highest BCUT2D eigenvalue weighted by molar-refractivity contribution is 5.89. The van der Waals surface area contributed by atoms with Crippen LogP contribution >= 0.6 is 0 Å². The van der Waals surface area contributed by atoms with Gasteiger partial charge in [-0.05, 0) is 25.8 Å². The molecule has 2 aliphatic rings. The molecular formula is C23H32FN3O4. The molecular weight excluding hydrogens is 401 g/mol. The summed E-state index contributed by atoms with van der Waals surface area (Å²) in [6, 6.07) is 5.78. The molecule has 1 saturated carbocycles. The van der Waals surface area contributed by atoms with E-state index in [1.165, 1.54) is 6.07 Å². The highest BCUT2D eigenvalue weighted by Crippen LogP contribution is 2.32. The molecule has 1 aliphatic carbocycles. The highest BCUT2D eigenvalue weighted by atomic mass is 19.1. The van der Waals surface area contributed by atoms with Gasteiger partial charge in [-0.3, -0.25) is 19.3 Å². The van der Waals surface area contributed by atoms with Crippen molar-refractivity contribution in [3.05, 3.63) is 35.6 Å². The lowest BCUT2D eigenvalue weighted by atomic mass is 9.79. The number of nitrogens with zero attached hydrogens (tertiary/aromatic N) is 1. The Morgan fingerprint density at radius 3 is 2.71 bits per heavy atom. The Kier molecular flexibility index (Phi) is 8.01. The predicted octanol–water partition coefficient (Wildman–Crippen LogP) is 2.29.